The number of rotatable bonds is 6. The Balaban J connectivity index is 2.50. The van der Waals surface area contributed by atoms with Gasteiger partial charge in [-0.1, -0.05) is 19.9 Å². The Kier molecular flexibility index (Phi) is 5.06. The van der Waals surface area contributed by atoms with Gasteiger partial charge in [-0.05, 0) is 38.8 Å². The summed E-state index contributed by atoms with van der Waals surface area (Å²) in [6, 6.07) is 5.68. The van der Waals surface area contributed by atoms with E-state index in [2.05, 4.69) is 13.8 Å². The summed E-state index contributed by atoms with van der Waals surface area (Å²) in [5.74, 6) is 0.973. The van der Waals surface area contributed by atoms with Gasteiger partial charge in [0, 0.05) is 5.92 Å². The minimum atomic E-state index is -0.246. The monoisotopic (exact) mass is 303 g/mol. The maximum atomic E-state index is 12.1. The molecule has 0 saturated heterocycles. The molecule has 2 aromatic rings. The summed E-state index contributed by atoms with van der Waals surface area (Å²) in [6.45, 7) is 8.14. The van der Waals surface area contributed by atoms with E-state index >= 15 is 0 Å². The molecule has 0 aliphatic carbocycles. The van der Waals surface area contributed by atoms with Crippen molar-refractivity contribution >= 4 is 22.7 Å². The Morgan fingerprint density at radius 1 is 1.32 bits per heavy atom. The van der Waals surface area contributed by atoms with Gasteiger partial charge in [0.15, 0.2) is 0 Å². The molecular weight excluding hydrogens is 278 g/mol. The van der Waals surface area contributed by atoms with E-state index in [-0.39, 0.29) is 18.6 Å². The number of hydrogen-bond donors (Lipinski definition) is 1. The normalized spacial score (nSPS) is 11.5. The summed E-state index contributed by atoms with van der Waals surface area (Å²) in [5, 5.41) is 0. The second-order valence-corrected chi connectivity index (χ2v) is 5.82. The van der Waals surface area contributed by atoms with Crippen LogP contribution in [-0.4, -0.2) is 21.6 Å². The van der Waals surface area contributed by atoms with Crippen molar-refractivity contribution in [3.8, 4) is 0 Å². The van der Waals surface area contributed by atoms with Crippen LogP contribution in [0.2, 0.25) is 0 Å². The van der Waals surface area contributed by atoms with Crippen LogP contribution in [0, 0.1) is 0 Å². The molecule has 0 atom stereocenters. The van der Waals surface area contributed by atoms with Crippen molar-refractivity contribution in [2.24, 2.45) is 0 Å². The molecule has 0 aliphatic heterocycles. The lowest BCUT2D eigenvalue weighted by Crippen LogP contribution is -2.20. The molecule has 5 heteroatoms. The quantitative estimate of drug-likeness (QED) is 0.655. The van der Waals surface area contributed by atoms with Gasteiger partial charge >= 0.3 is 5.97 Å². The fourth-order valence-corrected chi connectivity index (χ4v) is 2.75. The van der Waals surface area contributed by atoms with E-state index in [4.69, 9.17) is 15.5 Å². The molecule has 1 heterocycles. The zero-order valence-corrected chi connectivity index (χ0v) is 13.8. The number of nitrogens with two attached hydrogens (primary N) is 1. The number of carbonyl (C=O) groups excluding carboxylic acids is 1. The highest BCUT2D eigenvalue weighted by Gasteiger charge is 2.21. The Labute approximate surface area is 131 Å². The molecule has 1 aromatic carbocycles. The lowest BCUT2D eigenvalue weighted by molar-refractivity contribution is -0.148. The lowest BCUT2D eigenvalue weighted by atomic mass is 10.0. The van der Waals surface area contributed by atoms with Gasteiger partial charge in [0.2, 0.25) is 0 Å². The number of carbonyl (C=O) groups is 1. The molecule has 0 bridgehead atoms. The van der Waals surface area contributed by atoms with E-state index in [0.717, 1.165) is 29.7 Å². The van der Waals surface area contributed by atoms with Crippen LogP contribution in [0.1, 0.15) is 52.3 Å². The van der Waals surface area contributed by atoms with Crippen LogP contribution in [0.3, 0.4) is 0 Å². The number of fused-ring (bicyclic) bond motifs is 1. The van der Waals surface area contributed by atoms with Crippen LogP contribution in [0.25, 0.3) is 11.0 Å². The molecule has 2 N–H and O–H groups in total. The summed E-state index contributed by atoms with van der Waals surface area (Å²) in [6.07, 6.45) is 1.82. The molecular formula is C17H25N3O2. The van der Waals surface area contributed by atoms with E-state index in [9.17, 15) is 4.79 Å². The number of benzene rings is 1. The number of imidazole rings is 1. The average Bonchev–Trinajstić information content (AvgIpc) is 2.80. The third-order valence-electron chi connectivity index (χ3n) is 3.84. The van der Waals surface area contributed by atoms with Gasteiger partial charge in [0.05, 0.1) is 17.3 Å². The number of aromatic nitrogens is 2. The van der Waals surface area contributed by atoms with Crippen LogP contribution in [0.5, 0.6) is 0 Å². The van der Waals surface area contributed by atoms with Crippen molar-refractivity contribution in [2.45, 2.75) is 59.1 Å². The van der Waals surface area contributed by atoms with Crippen LogP contribution >= 0.6 is 0 Å². The molecule has 0 radical (unpaired) electrons. The van der Waals surface area contributed by atoms with Gasteiger partial charge in [0.25, 0.3) is 0 Å². The van der Waals surface area contributed by atoms with Crippen molar-refractivity contribution < 1.29 is 9.53 Å². The first kappa shape index (κ1) is 16.3. The first-order valence-electron chi connectivity index (χ1n) is 7.91. The number of hydrogen-bond acceptors (Lipinski definition) is 4. The van der Waals surface area contributed by atoms with Crippen LogP contribution in [0.15, 0.2) is 18.2 Å². The first-order valence-corrected chi connectivity index (χ1v) is 7.91. The average molecular weight is 303 g/mol. The van der Waals surface area contributed by atoms with Gasteiger partial charge in [0.1, 0.15) is 17.9 Å². The van der Waals surface area contributed by atoms with E-state index in [1.807, 2.05) is 36.6 Å². The number of anilines is 1. The summed E-state index contributed by atoms with van der Waals surface area (Å²) >= 11 is 0. The van der Waals surface area contributed by atoms with Crippen molar-refractivity contribution in [3.63, 3.8) is 0 Å². The fraction of sp³-hybridized carbons (Fsp3) is 0.529. The van der Waals surface area contributed by atoms with E-state index in [0.29, 0.717) is 11.6 Å². The second kappa shape index (κ2) is 6.81. The Morgan fingerprint density at radius 3 is 2.59 bits per heavy atom. The molecule has 0 unspecified atom stereocenters. The number of ether oxygens (including phenoxy) is 1. The van der Waals surface area contributed by atoms with Gasteiger partial charge in [-0.25, -0.2) is 4.98 Å². The largest absolute Gasteiger partial charge is 0.462 e. The van der Waals surface area contributed by atoms with Crippen molar-refractivity contribution in [1.29, 1.82) is 0 Å². The summed E-state index contributed by atoms with van der Waals surface area (Å²) in [5.41, 5.74) is 8.34. The Hall–Kier alpha value is -2.04. The zero-order valence-electron chi connectivity index (χ0n) is 13.8. The molecule has 1 aromatic heterocycles. The zero-order chi connectivity index (χ0) is 16.3. The number of nitrogen functional groups attached to an aromatic ring is 1. The smallest absolute Gasteiger partial charge is 0.326 e. The van der Waals surface area contributed by atoms with Crippen LogP contribution in [0.4, 0.5) is 5.69 Å². The Bertz CT molecular complexity index is 657. The molecule has 0 amide bonds. The fourth-order valence-electron chi connectivity index (χ4n) is 2.75. The molecule has 2 rings (SSSR count). The molecule has 0 aliphatic rings. The summed E-state index contributed by atoms with van der Waals surface area (Å²) in [7, 11) is 0. The number of para-hydroxylation sites is 1. The summed E-state index contributed by atoms with van der Waals surface area (Å²) in [4.78, 5) is 16.8. The maximum Gasteiger partial charge on any atom is 0.326 e. The number of nitrogens with zero attached hydrogens (tertiary/aromatic N) is 2. The van der Waals surface area contributed by atoms with Crippen molar-refractivity contribution in [2.75, 3.05) is 5.73 Å². The van der Waals surface area contributed by atoms with Gasteiger partial charge in [-0.15, -0.1) is 0 Å². The lowest BCUT2D eigenvalue weighted by Gasteiger charge is -2.16. The molecule has 0 saturated carbocycles. The van der Waals surface area contributed by atoms with Gasteiger partial charge < -0.3 is 15.0 Å². The minimum absolute atomic E-state index is 0.121. The highest BCUT2D eigenvalue weighted by molar-refractivity contribution is 5.88. The molecule has 0 spiro atoms. The predicted molar refractivity (Wildman–Crippen MR) is 88.7 cm³/mol. The molecule has 5 nitrogen and oxygen atoms in total. The summed E-state index contributed by atoms with van der Waals surface area (Å²) < 4.78 is 7.24. The Morgan fingerprint density at radius 2 is 2.00 bits per heavy atom. The molecule has 120 valence electrons. The van der Waals surface area contributed by atoms with E-state index < -0.39 is 0 Å². The highest BCUT2D eigenvalue weighted by atomic mass is 16.5. The van der Waals surface area contributed by atoms with Gasteiger partial charge in [-0.3, -0.25) is 4.79 Å². The molecule has 0 fully saturated rings. The number of esters is 1. The SMILES string of the molecule is CCC(CC)c1nc2c(N)cccc2n1CC(=O)OC(C)C. The standard InChI is InChI=1S/C17H25N3O2/c1-5-12(6-2)17-19-16-13(18)8-7-9-14(16)20(17)10-15(21)22-11(3)4/h7-9,11-12H,5-6,10,18H2,1-4H3. The van der Waals surface area contributed by atoms with Crippen molar-refractivity contribution in [3.05, 3.63) is 24.0 Å². The minimum Gasteiger partial charge on any atom is -0.462 e. The third kappa shape index (κ3) is 3.24. The van der Waals surface area contributed by atoms with Crippen LogP contribution in [-0.2, 0) is 16.1 Å². The predicted octanol–water partition coefficient (Wildman–Crippen LogP) is 3.47. The topological polar surface area (TPSA) is 70.1 Å². The molecule has 22 heavy (non-hydrogen) atoms. The van der Waals surface area contributed by atoms with Crippen LogP contribution < -0.4 is 5.73 Å². The van der Waals surface area contributed by atoms with E-state index in [1.165, 1.54) is 0 Å². The van der Waals surface area contributed by atoms with Crippen molar-refractivity contribution in [1.82, 2.24) is 9.55 Å². The third-order valence-corrected chi connectivity index (χ3v) is 3.84. The highest BCUT2D eigenvalue weighted by Crippen LogP contribution is 2.29. The first-order chi connectivity index (χ1) is 10.5. The van der Waals surface area contributed by atoms with E-state index in [1.54, 1.807) is 0 Å². The second-order valence-electron chi connectivity index (χ2n) is 5.82. The maximum absolute atomic E-state index is 12.1. The van der Waals surface area contributed by atoms with Gasteiger partial charge in [-0.2, -0.15) is 0 Å².